The summed E-state index contributed by atoms with van der Waals surface area (Å²) in [6.07, 6.45) is 3.24. The third-order valence-corrected chi connectivity index (χ3v) is 4.84. The maximum atomic E-state index is 11.2. The molecular formula is C20H21N3O. The number of amides is 1. The summed E-state index contributed by atoms with van der Waals surface area (Å²) in [5, 5.41) is 8.76. The highest BCUT2D eigenvalue weighted by Crippen LogP contribution is 2.52. The summed E-state index contributed by atoms with van der Waals surface area (Å²) in [7, 11) is 1.97. The van der Waals surface area contributed by atoms with E-state index in [1.54, 1.807) is 6.92 Å². The first-order valence-electron chi connectivity index (χ1n) is 8.39. The number of nitrogens with one attached hydrogen (secondary N) is 1. The van der Waals surface area contributed by atoms with E-state index in [9.17, 15) is 4.79 Å². The molecule has 2 aromatic carbocycles. The fourth-order valence-electron chi connectivity index (χ4n) is 3.60. The minimum Gasteiger partial charge on any atom is -0.356 e. The number of rotatable bonds is 4. The lowest BCUT2D eigenvalue weighted by Gasteiger charge is -2.11. The number of carbonyl (C=O) groups excluding carboxylic acids is 1. The third-order valence-electron chi connectivity index (χ3n) is 4.84. The molecule has 1 heterocycles. The van der Waals surface area contributed by atoms with E-state index in [1.165, 1.54) is 22.1 Å². The van der Waals surface area contributed by atoms with Crippen LogP contribution in [0.4, 0.5) is 0 Å². The summed E-state index contributed by atoms with van der Waals surface area (Å²) in [6, 6.07) is 14.8. The SMILES string of the molecule is CC(=O)NCC1CC1c1c(-c2ccccc2)ccc2nn(C)cc12. The zero-order valence-corrected chi connectivity index (χ0v) is 14.0. The van der Waals surface area contributed by atoms with E-state index in [0.29, 0.717) is 11.8 Å². The molecule has 1 N–H and O–H groups in total. The zero-order chi connectivity index (χ0) is 16.7. The number of benzene rings is 2. The van der Waals surface area contributed by atoms with Crippen LogP contribution in [-0.4, -0.2) is 22.2 Å². The van der Waals surface area contributed by atoms with Gasteiger partial charge in [-0.05, 0) is 41.0 Å². The summed E-state index contributed by atoms with van der Waals surface area (Å²) >= 11 is 0. The van der Waals surface area contributed by atoms with E-state index in [0.717, 1.165) is 18.5 Å². The number of carbonyl (C=O) groups is 1. The second kappa shape index (κ2) is 5.78. The van der Waals surface area contributed by atoms with Crippen molar-refractivity contribution >= 4 is 16.8 Å². The molecule has 0 radical (unpaired) electrons. The Kier molecular flexibility index (Phi) is 3.60. The maximum absolute atomic E-state index is 11.2. The third kappa shape index (κ3) is 2.68. The van der Waals surface area contributed by atoms with Gasteiger partial charge in [-0.25, -0.2) is 0 Å². The number of hydrogen-bond acceptors (Lipinski definition) is 2. The average Bonchev–Trinajstić information content (AvgIpc) is 3.24. The molecule has 2 atom stereocenters. The summed E-state index contributed by atoms with van der Waals surface area (Å²) in [6.45, 7) is 2.33. The van der Waals surface area contributed by atoms with Crippen LogP contribution in [0.1, 0.15) is 24.8 Å². The molecule has 3 aromatic rings. The van der Waals surface area contributed by atoms with Crippen LogP contribution < -0.4 is 5.32 Å². The molecule has 1 amide bonds. The number of aryl methyl sites for hydroxylation is 1. The summed E-state index contributed by atoms with van der Waals surface area (Å²) in [5.41, 5.74) is 4.94. The van der Waals surface area contributed by atoms with E-state index in [2.05, 4.69) is 53.0 Å². The number of aromatic nitrogens is 2. The van der Waals surface area contributed by atoms with Crippen LogP contribution in [0, 0.1) is 5.92 Å². The predicted octanol–water partition coefficient (Wildman–Crippen LogP) is 3.48. The maximum Gasteiger partial charge on any atom is 0.216 e. The van der Waals surface area contributed by atoms with Crippen LogP contribution in [0.25, 0.3) is 22.0 Å². The van der Waals surface area contributed by atoms with Gasteiger partial charge in [-0.1, -0.05) is 36.4 Å². The van der Waals surface area contributed by atoms with Gasteiger partial charge in [0.2, 0.25) is 5.91 Å². The Balaban J connectivity index is 1.78. The van der Waals surface area contributed by atoms with E-state index >= 15 is 0 Å². The fourth-order valence-corrected chi connectivity index (χ4v) is 3.60. The van der Waals surface area contributed by atoms with Gasteiger partial charge in [0.05, 0.1) is 5.52 Å². The van der Waals surface area contributed by atoms with Gasteiger partial charge < -0.3 is 5.32 Å². The Hall–Kier alpha value is -2.62. The van der Waals surface area contributed by atoms with E-state index in [-0.39, 0.29) is 5.91 Å². The Bertz CT molecular complexity index is 898. The van der Waals surface area contributed by atoms with Crippen molar-refractivity contribution in [1.82, 2.24) is 15.1 Å². The Morgan fingerprint density at radius 2 is 2.04 bits per heavy atom. The molecule has 2 unspecified atom stereocenters. The normalized spacial score (nSPS) is 19.4. The zero-order valence-electron chi connectivity index (χ0n) is 14.0. The molecule has 4 nitrogen and oxygen atoms in total. The molecule has 1 aliphatic rings. The largest absolute Gasteiger partial charge is 0.356 e. The Morgan fingerprint density at radius 3 is 2.79 bits per heavy atom. The Labute approximate surface area is 141 Å². The lowest BCUT2D eigenvalue weighted by Crippen LogP contribution is -2.22. The number of fused-ring (bicyclic) bond motifs is 1. The van der Waals surface area contributed by atoms with Crippen LogP contribution >= 0.6 is 0 Å². The summed E-state index contributed by atoms with van der Waals surface area (Å²) in [5.74, 6) is 1.05. The van der Waals surface area contributed by atoms with Gasteiger partial charge in [0.15, 0.2) is 0 Å². The van der Waals surface area contributed by atoms with Gasteiger partial charge in [0.1, 0.15) is 0 Å². The van der Waals surface area contributed by atoms with Crippen molar-refractivity contribution in [3.8, 4) is 11.1 Å². The summed E-state index contributed by atoms with van der Waals surface area (Å²) < 4.78 is 1.88. The van der Waals surface area contributed by atoms with Crippen molar-refractivity contribution in [2.75, 3.05) is 6.54 Å². The van der Waals surface area contributed by atoms with Gasteiger partial charge in [0, 0.05) is 32.1 Å². The van der Waals surface area contributed by atoms with Gasteiger partial charge in [-0.15, -0.1) is 0 Å². The minimum absolute atomic E-state index is 0.0449. The molecule has 0 saturated heterocycles. The standard InChI is InChI=1S/C20H21N3O/c1-13(24)21-11-15-10-17(15)20-16(14-6-4-3-5-7-14)8-9-19-18(20)12-23(2)22-19/h3-9,12,15,17H,10-11H2,1-2H3,(H,21,24). The van der Waals surface area contributed by atoms with E-state index < -0.39 is 0 Å². The highest BCUT2D eigenvalue weighted by molar-refractivity contribution is 5.90. The lowest BCUT2D eigenvalue weighted by atomic mass is 9.93. The average molecular weight is 319 g/mol. The van der Waals surface area contributed by atoms with Crippen molar-refractivity contribution in [2.24, 2.45) is 13.0 Å². The molecule has 4 heteroatoms. The molecule has 122 valence electrons. The van der Waals surface area contributed by atoms with Gasteiger partial charge >= 0.3 is 0 Å². The van der Waals surface area contributed by atoms with Crippen LogP contribution in [-0.2, 0) is 11.8 Å². The quantitative estimate of drug-likeness (QED) is 0.800. The van der Waals surface area contributed by atoms with Gasteiger partial charge in [-0.2, -0.15) is 5.10 Å². The lowest BCUT2D eigenvalue weighted by molar-refractivity contribution is -0.119. The minimum atomic E-state index is 0.0449. The molecule has 0 spiro atoms. The van der Waals surface area contributed by atoms with Crippen LogP contribution in [0.3, 0.4) is 0 Å². The van der Waals surface area contributed by atoms with Crippen molar-refractivity contribution in [3.63, 3.8) is 0 Å². The van der Waals surface area contributed by atoms with Crippen molar-refractivity contribution < 1.29 is 4.79 Å². The predicted molar refractivity (Wildman–Crippen MR) is 95.7 cm³/mol. The summed E-state index contributed by atoms with van der Waals surface area (Å²) in [4.78, 5) is 11.2. The monoisotopic (exact) mass is 319 g/mol. The van der Waals surface area contributed by atoms with Crippen molar-refractivity contribution in [2.45, 2.75) is 19.3 Å². The molecule has 1 aromatic heterocycles. The topological polar surface area (TPSA) is 46.9 Å². The van der Waals surface area contributed by atoms with Crippen molar-refractivity contribution in [3.05, 3.63) is 54.2 Å². The second-order valence-electron chi connectivity index (χ2n) is 6.67. The highest BCUT2D eigenvalue weighted by Gasteiger charge is 2.40. The smallest absolute Gasteiger partial charge is 0.216 e. The molecule has 0 aliphatic heterocycles. The molecule has 1 aliphatic carbocycles. The Morgan fingerprint density at radius 1 is 1.25 bits per heavy atom. The molecule has 1 saturated carbocycles. The molecular weight excluding hydrogens is 298 g/mol. The van der Waals surface area contributed by atoms with Crippen LogP contribution in [0.15, 0.2) is 48.7 Å². The second-order valence-corrected chi connectivity index (χ2v) is 6.67. The van der Waals surface area contributed by atoms with Gasteiger partial charge in [-0.3, -0.25) is 9.48 Å². The number of nitrogens with zero attached hydrogens (tertiary/aromatic N) is 2. The van der Waals surface area contributed by atoms with Crippen LogP contribution in [0.2, 0.25) is 0 Å². The first kappa shape index (κ1) is 14.9. The highest BCUT2D eigenvalue weighted by atomic mass is 16.1. The van der Waals surface area contributed by atoms with Gasteiger partial charge in [0.25, 0.3) is 0 Å². The number of hydrogen-bond donors (Lipinski definition) is 1. The molecule has 1 fully saturated rings. The van der Waals surface area contributed by atoms with E-state index in [4.69, 9.17) is 0 Å². The molecule has 4 rings (SSSR count). The molecule has 0 bridgehead atoms. The fraction of sp³-hybridized carbons (Fsp3) is 0.300. The molecule has 24 heavy (non-hydrogen) atoms. The first-order valence-corrected chi connectivity index (χ1v) is 8.39. The first-order chi connectivity index (χ1) is 11.6. The van der Waals surface area contributed by atoms with Crippen molar-refractivity contribution in [1.29, 1.82) is 0 Å². The van der Waals surface area contributed by atoms with E-state index in [1.807, 2.05) is 17.8 Å². The van der Waals surface area contributed by atoms with Crippen LogP contribution in [0.5, 0.6) is 0 Å².